The first-order valence-electron chi connectivity index (χ1n) is 13.6. The molecule has 2 aromatic heterocycles. The highest BCUT2D eigenvalue weighted by molar-refractivity contribution is 7.22. The number of nitrogens with two attached hydrogens (primary N) is 1. The molecular formula is C28H30F2N6O2S. The van der Waals surface area contributed by atoms with Crippen LogP contribution in [0.3, 0.4) is 0 Å². The zero-order chi connectivity index (χ0) is 26.7. The molecule has 0 spiro atoms. The molecule has 8 nitrogen and oxygen atoms in total. The zero-order valence-corrected chi connectivity index (χ0v) is 22.5. The monoisotopic (exact) mass is 552 g/mol. The molecule has 0 radical (unpaired) electrons. The van der Waals surface area contributed by atoms with Crippen LogP contribution in [0.5, 0.6) is 11.8 Å². The summed E-state index contributed by atoms with van der Waals surface area (Å²) >= 11 is 1.04. The summed E-state index contributed by atoms with van der Waals surface area (Å²) in [6.07, 6.45) is 7.42. The molecule has 4 heterocycles. The van der Waals surface area contributed by atoms with Crippen LogP contribution >= 0.6 is 11.3 Å². The van der Waals surface area contributed by atoms with Gasteiger partial charge in [0.05, 0.1) is 27.2 Å². The van der Waals surface area contributed by atoms with Gasteiger partial charge in [0.2, 0.25) is 0 Å². The number of hydrogen-bond acceptors (Lipinski definition) is 9. The maximum Gasteiger partial charge on any atom is 0.319 e. The lowest BCUT2D eigenvalue weighted by atomic mass is 9.95. The van der Waals surface area contributed by atoms with Gasteiger partial charge in [-0.15, -0.1) is 0 Å². The van der Waals surface area contributed by atoms with Crippen molar-refractivity contribution in [3.05, 3.63) is 29.8 Å². The summed E-state index contributed by atoms with van der Waals surface area (Å²) in [5.41, 5.74) is 6.95. The SMILES string of the molecule is CNc1nc(OCC23CCCN2CCC3)nc2c(F)c(-c3ccc(F)c4sc(N)nc34)cc(OC3CCC3)c12. The molecule has 2 saturated heterocycles. The minimum absolute atomic E-state index is 0.00127. The van der Waals surface area contributed by atoms with E-state index in [1.165, 1.54) is 12.1 Å². The molecule has 7 rings (SSSR count). The average Bonchev–Trinajstić information content (AvgIpc) is 3.60. The van der Waals surface area contributed by atoms with Crippen molar-refractivity contribution in [3.8, 4) is 22.9 Å². The Bertz CT molecular complexity index is 1580. The van der Waals surface area contributed by atoms with Gasteiger partial charge in [0.15, 0.2) is 10.9 Å². The lowest BCUT2D eigenvalue weighted by Gasteiger charge is -2.31. The predicted molar refractivity (Wildman–Crippen MR) is 149 cm³/mol. The van der Waals surface area contributed by atoms with Crippen LogP contribution in [-0.4, -0.2) is 58.2 Å². The highest BCUT2D eigenvalue weighted by Gasteiger charge is 2.45. The molecule has 3 aliphatic rings. The van der Waals surface area contributed by atoms with E-state index >= 15 is 4.39 Å². The molecule has 0 unspecified atom stereocenters. The lowest BCUT2D eigenvalue weighted by molar-refractivity contribution is 0.108. The Labute approximate surface area is 228 Å². The number of nitrogens with zero attached hydrogens (tertiary/aromatic N) is 4. The number of anilines is 2. The van der Waals surface area contributed by atoms with E-state index in [1.807, 2.05) is 0 Å². The first kappa shape index (κ1) is 24.7. The molecule has 0 bridgehead atoms. The fraction of sp³-hybridized carbons (Fsp3) is 0.464. The standard InChI is InChI=1S/C28H30F2N6O2S/c1-32-25-20-19(38-15-5-2-6-15)13-17(16-7-8-18(29)24-22(16)33-26(31)39-24)21(30)23(20)34-27(35-25)37-14-28-9-3-11-36(28)12-4-10-28/h7-8,13,15H,2-6,9-12,14H2,1H3,(H2,31,33)(H,32,34,35). The van der Waals surface area contributed by atoms with Gasteiger partial charge in [-0.25, -0.2) is 13.8 Å². The number of thiazole rings is 1. The fourth-order valence-corrected chi connectivity index (χ4v) is 7.06. The van der Waals surface area contributed by atoms with Crippen LogP contribution in [0, 0.1) is 11.6 Å². The molecule has 4 aromatic rings. The van der Waals surface area contributed by atoms with E-state index in [4.69, 9.17) is 15.2 Å². The topological polar surface area (TPSA) is 98.4 Å². The first-order valence-corrected chi connectivity index (χ1v) is 14.4. The molecule has 11 heteroatoms. The number of rotatable bonds is 7. The van der Waals surface area contributed by atoms with Gasteiger partial charge in [-0.05, 0) is 76.2 Å². The van der Waals surface area contributed by atoms with E-state index in [1.54, 1.807) is 13.1 Å². The quantitative estimate of drug-likeness (QED) is 0.299. The van der Waals surface area contributed by atoms with E-state index < -0.39 is 11.6 Å². The molecular weight excluding hydrogens is 522 g/mol. The molecule has 2 aliphatic heterocycles. The third kappa shape index (κ3) is 4.05. The zero-order valence-electron chi connectivity index (χ0n) is 21.7. The second-order valence-electron chi connectivity index (χ2n) is 10.8. The largest absolute Gasteiger partial charge is 0.490 e. The number of ether oxygens (including phenoxy) is 2. The highest BCUT2D eigenvalue weighted by atomic mass is 32.1. The molecule has 0 atom stereocenters. The van der Waals surface area contributed by atoms with Crippen molar-refractivity contribution in [1.29, 1.82) is 0 Å². The predicted octanol–water partition coefficient (Wildman–Crippen LogP) is 5.75. The van der Waals surface area contributed by atoms with Gasteiger partial charge in [-0.3, -0.25) is 4.90 Å². The van der Waals surface area contributed by atoms with Crippen LogP contribution in [0.15, 0.2) is 18.2 Å². The van der Waals surface area contributed by atoms with E-state index in [2.05, 4.69) is 25.2 Å². The highest BCUT2D eigenvalue weighted by Crippen LogP contribution is 2.44. The number of aromatic nitrogens is 3. The lowest BCUT2D eigenvalue weighted by Crippen LogP contribution is -2.43. The van der Waals surface area contributed by atoms with Gasteiger partial charge in [0.25, 0.3) is 0 Å². The number of nitrogen functional groups attached to an aromatic ring is 1. The Balaban J connectivity index is 1.38. The smallest absolute Gasteiger partial charge is 0.319 e. The molecule has 1 saturated carbocycles. The van der Waals surface area contributed by atoms with E-state index in [0.717, 1.165) is 69.4 Å². The van der Waals surface area contributed by atoms with Crippen molar-refractivity contribution in [2.45, 2.75) is 56.6 Å². The Morgan fingerprint density at radius 2 is 1.87 bits per heavy atom. The van der Waals surface area contributed by atoms with Crippen molar-refractivity contribution in [2.24, 2.45) is 0 Å². The van der Waals surface area contributed by atoms with Gasteiger partial charge in [0.1, 0.15) is 29.5 Å². The second-order valence-corrected chi connectivity index (χ2v) is 11.8. The molecule has 39 heavy (non-hydrogen) atoms. The van der Waals surface area contributed by atoms with Crippen molar-refractivity contribution in [2.75, 3.05) is 37.8 Å². The maximum atomic E-state index is 16.5. The number of fused-ring (bicyclic) bond motifs is 3. The Morgan fingerprint density at radius 3 is 2.59 bits per heavy atom. The van der Waals surface area contributed by atoms with Crippen LogP contribution < -0.4 is 20.5 Å². The van der Waals surface area contributed by atoms with Gasteiger partial charge in [0, 0.05) is 18.2 Å². The van der Waals surface area contributed by atoms with Gasteiger partial charge < -0.3 is 20.5 Å². The van der Waals surface area contributed by atoms with Crippen molar-refractivity contribution >= 4 is 43.4 Å². The summed E-state index contributed by atoms with van der Waals surface area (Å²) in [4.78, 5) is 16.0. The van der Waals surface area contributed by atoms with Crippen LogP contribution in [-0.2, 0) is 0 Å². The maximum absolute atomic E-state index is 16.5. The number of benzene rings is 2. The third-order valence-corrected chi connectivity index (χ3v) is 9.41. The van der Waals surface area contributed by atoms with Crippen molar-refractivity contribution in [1.82, 2.24) is 19.9 Å². The molecule has 0 amide bonds. The summed E-state index contributed by atoms with van der Waals surface area (Å²) in [6, 6.07) is 4.61. The van der Waals surface area contributed by atoms with Gasteiger partial charge in [-0.2, -0.15) is 9.97 Å². The molecule has 3 fully saturated rings. The third-order valence-electron chi connectivity index (χ3n) is 8.52. The number of nitrogens with one attached hydrogen (secondary N) is 1. The summed E-state index contributed by atoms with van der Waals surface area (Å²) < 4.78 is 43.9. The van der Waals surface area contributed by atoms with E-state index in [9.17, 15) is 4.39 Å². The van der Waals surface area contributed by atoms with E-state index in [0.29, 0.717) is 34.6 Å². The van der Waals surface area contributed by atoms with Gasteiger partial charge in [-0.1, -0.05) is 11.3 Å². The molecule has 3 N–H and O–H groups in total. The van der Waals surface area contributed by atoms with Crippen LogP contribution in [0.25, 0.3) is 32.2 Å². The van der Waals surface area contributed by atoms with Crippen LogP contribution in [0.4, 0.5) is 19.7 Å². The Hall–Kier alpha value is -3.31. The Morgan fingerprint density at radius 1 is 1.08 bits per heavy atom. The van der Waals surface area contributed by atoms with E-state index in [-0.39, 0.29) is 38.6 Å². The fourth-order valence-electron chi connectivity index (χ4n) is 6.30. The van der Waals surface area contributed by atoms with Crippen molar-refractivity contribution in [3.63, 3.8) is 0 Å². The van der Waals surface area contributed by atoms with Gasteiger partial charge >= 0.3 is 6.01 Å². The number of hydrogen-bond donors (Lipinski definition) is 2. The molecule has 1 aliphatic carbocycles. The molecule has 204 valence electrons. The summed E-state index contributed by atoms with van der Waals surface area (Å²) in [5.74, 6) is -0.114. The average molecular weight is 553 g/mol. The van der Waals surface area contributed by atoms with Crippen molar-refractivity contribution < 1.29 is 18.3 Å². The van der Waals surface area contributed by atoms with Crippen LogP contribution in [0.2, 0.25) is 0 Å². The molecule has 2 aromatic carbocycles. The summed E-state index contributed by atoms with van der Waals surface area (Å²) in [7, 11) is 1.74. The number of halogens is 2. The normalized spacial score (nSPS) is 18.9. The Kier molecular flexibility index (Phi) is 5.96. The summed E-state index contributed by atoms with van der Waals surface area (Å²) in [5, 5.41) is 3.76. The summed E-state index contributed by atoms with van der Waals surface area (Å²) in [6.45, 7) is 2.62. The minimum atomic E-state index is -0.573. The first-order chi connectivity index (χ1) is 19.0. The minimum Gasteiger partial charge on any atom is -0.490 e. The van der Waals surface area contributed by atoms with Crippen LogP contribution in [0.1, 0.15) is 44.9 Å². The second kappa shape index (κ2) is 9.41.